The second kappa shape index (κ2) is 9.49. The standard InChI is InChI=1S/C27H22ClN3O3S/c28-20-10-7-18(8-11-20)26-29-30-27(31(26)15-21-5-3-13-33-21)35-16-19-14-24(32)34-23-12-9-17-4-1-2-6-22(17)25(19)23/h1-2,4,6-12,14,21H,3,5,13,15-16H2. The molecule has 35 heavy (non-hydrogen) atoms. The molecule has 6 rings (SSSR count). The second-order valence-corrected chi connectivity index (χ2v) is 9.98. The predicted molar refractivity (Wildman–Crippen MR) is 139 cm³/mol. The van der Waals surface area contributed by atoms with Gasteiger partial charge in [0.05, 0.1) is 12.6 Å². The van der Waals surface area contributed by atoms with Gasteiger partial charge in [-0.25, -0.2) is 4.79 Å². The highest BCUT2D eigenvalue weighted by atomic mass is 35.5. The lowest BCUT2D eigenvalue weighted by Gasteiger charge is -2.15. The van der Waals surface area contributed by atoms with Gasteiger partial charge in [-0.2, -0.15) is 0 Å². The monoisotopic (exact) mass is 503 g/mol. The molecule has 1 unspecified atom stereocenters. The molecule has 3 aromatic carbocycles. The van der Waals surface area contributed by atoms with E-state index in [1.165, 1.54) is 0 Å². The lowest BCUT2D eigenvalue weighted by atomic mass is 10.0. The first-order valence-electron chi connectivity index (χ1n) is 11.5. The van der Waals surface area contributed by atoms with E-state index in [2.05, 4.69) is 26.9 Å². The average molecular weight is 504 g/mol. The van der Waals surface area contributed by atoms with Crippen molar-refractivity contribution in [2.75, 3.05) is 6.61 Å². The first-order chi connectivity index (χ1) is 17.2. The number of hydrogen-bond donors (Lipinski definition) is 0. The van der Waals surface area contributed by atoms with Crippen LogP contribution in [-0.4, -0.2) is 27.5 Å². The molecule has 1 atom stereocenters. The van der Waals surface area contributed by atoms with Gasteiger partial charge in [-0.3, -0.25) is 4.57 Å². The van der Waals surface area contributed by atoms with Crippen LogP contribution in [0.1, 0.15) is 18.4 Å². The third kappa shape index (κ3) is 4.47. The van der Waals surface area contributed by atoms with Crippen LogP contribution in [0.4, 0.5) is 0 Å². The van der Waals surface area contributed by atoms with E-state index in [4.69, 9.17) is 20.8 Å². The molecule has 176 valence electrons. The number of benzene rings is 3. The summed E-state index contributed by atoms with van der Waals surface area (Å²) in [7, 11) is 0. The first-order valence-corrected chi connectivity index (χ1v) is 12.9. The molecule has 8 heteroatoms. The summed E-state index contributed by atoms with van der Waals surface area (Å²) in [6.45, 7) is 1.46. The molecule has 0 amide bonds. The van der Waals surface area contributed by atoms with Crippen LogP contribution in [0.2, 0.25) is 5.02 Å². The molecule has 2 aromatic heterocycles. The van der Waals surface area contributed by atoms with Crippen LogP contribution in [0.25, 0.3) is 33.1 Å². The van der Waals surface area contributed by atoms with Crippen molar-refractivity contribution in [3.05, 3.63) is 87.7 Å². The van der Waals surface area contributed by atoms with Gasteiger partial charge in [-0.05, 0) is 59.5 Å². The Hall–Kier alpha value is -3.13. The van der Waals surface area contributed by atoms with Crippen LogP contribution < -0.4 is 5.63 Å². The lowest BCUT2D eigenvalue weighted by Crippen LogP contribution is -2.16. The van der Waals surface area contributed by atoms with E-state index >= 15 is 0 Å². The molecule has 1 saturated heterocycles. The van der Waals surface area contributed by atoms with E-state index in [-0.39, 0.29) is 11.7 Å². The normalized spacial score (nSPS) is 15.9. The molecule has 0 radical (unpaired) electrons. The van der Waals surface area contributed by atoms with Crippen molar-refractivity contribution in [3.8, 4) is 11.4 Å². The minimum atomic E-state index is -0.356. The largest absolute Gasteiger partial charge is 0.423 e. The van der Waals surface area contributed by atoms with Crippen molar-refractivity contribution in [1.82, 2.24) is 14.8 Å². The first kappa shape index (κ1) is 22.3. The van der Waals surface area contributed by atoms with Crippen LogP contribution in [0.3, 0.4) is 0 Å². The highest BCUT2D eigenvalue weighted by molar-refractivity contribution is 7.98. The molecular weight excluding hydrogens is 482 g/mol. The Bertz CT molecular complexity index is 1570. The fourth-order valence-electron chi connectivity index (χ4n) is 4.64. The molecule has 5 aromatic rings. The van der Waals surface area contributed by atoms with Gasteiger partial charge in [0.2, 0.25) is 0 Å². The van der Waals surface area contributed by atoms with E-state index in [0.717, 1.165) is 57.7 Å². The zero-order chi connectivity index (χ0) is 23.8. The zero-order valence-corrected chi connectivity index (χ0v) is 20.4. The molecule has 0 N–H and O–H groups in total. The van der Waals surface area contributed by atoms with Gasteiger partial charge < -0.3 is 9.15 Å². The van der Waals surface area contributed by atoms with Crippen LogP contribution >= 0.6 is 23.4 Å². The summed E-state index contributed by atoms with van der Waals surface area (Å²) < 4.78 is 13.6. The van der Waals surface area contributed by atoms with Gasteiger partial charge in [0.15, 0.2) is 11.0 Å². The van der Waals surface area contributed by atoms with Gasteiger partial charge in [0.1, 0.15) is 5.58 Å². The van der Waals surface area contributed by atoms with Crippen molar-refractivity contribution in [2.24, 2.45) is 0 Å². The topological polar surface area (TPSA) is 70.2 Å². The number of nitrogens with zero attached hydrogens (tertiary/aromatic N) is 3. The van der Waals surface area contributed by atoms with E-state index < -0.39 is 0 Å². The summed E-state index contributed by atoms with van der Waals surface area (Å²) in [5.41, 5.74) is 2.10. The maximum absolute atomic E-state index is 12.3. The van der Waals surface area contributed by atoms with Gasteiger partial charge in [0.25, 0.3) is 0 Å². The lowest BCUT2D eigenvalue weighted by molar-refractivity contribution is 0.0953. The van der Waals surface area contributed by atoms with Crippen LogP contribution in [-0.2, 0) is 17.0 Å². The van der Waals surface area contributed by atoms with E-state index in [1.54, 1.807) is 17.8 Å². The third-order valence-corrected chi connectivity index (χ3v) is 7.57. The Balaban J connectivity index is 1.39. The van der Waals surface area contributed by atoms with Crippen molar-refractivity contribution in [2.45, 2.75) is 36.4 Å². The number of aromatic nitrogens is 3. The highest BCUT2D eigenvalue weighted by Gasteiger charge is 2.22. The van der Waals surface area contributed by atoms with Crippen molar-refractivity contribution in [3.63, 3.8) is 0 Å². The minimum Gasteiger partial charge on any atom is -0.423 e. The van der Waals surface area contributed by atoms with Crippen molar-refractivity contribution >= 4 is 45.1 Å². The number of fused-ring (bicyclic) bond motifs is 3. The minimum absolute atomic E-state index is 0.130. The molecule has 1 fully saturated rings. The summed E-state index contributed by atoms with van der Waals surface area (Å²) >= 11 is 7.66. The van der Waals surface area contributed by atoms with Gasteiger partial charge in [-0.1, -0.05) is 53.7 Å². The number of ether oxygens (including phenoxy) is 1. The quantitative estimate of drug-likeness (QED) is 0.153. The summed E-state index contributed by atoms with van der Waals surface area (Å²) in [4.78, 5) is 12.3. The Morgan fingerprint density at radius 3 is 2.74 bits per heavy atom. The summed E-state index contributed by atoms with van der Waals surface area (Å²) in [5.74, 6) is 1.34. The highest BCUT2D eigenvalue weighted by Crippen LogP contribution is 2.33. The average Bonchev–Trinajstić information content (AvgIpc) is 3.53. The molecule has 0 spiro atoms. The maximum Gasteiger partial charge on any atom is 0.336 e. The molecule has 1 aliphatic rings. The molecule has 6 nitrogen and oxygen atoms in total. The number of rotatable bonds is 6. The zero-order valence-electron chi connectivity index (χ0n) is 18.8. The Labute approximate surface area is 210 Å². The third-order valence-electron chi connectivity index (χ3n) is 6.30. The van der Waals surface area contributed by atoms with Gasteiger partial charge >= 0.3 is 5.63 Å². The molecular formula is C27H22ClN3O3S. The maximum atomic E-state index is 12.3. The fraction of sp³-hybridized carbons (Fsp3) is 0.222. The number of halogens is 1. The Kier molecular flexibility index (Phi) is 6.06. The van der Waals surface area contributed by atoms with E-state index in [1.807, 2.05) is 48.5 Å². The second-order valence-electron chi connectivity index (χ2n) is 8.60. The number of thioether (sulfide) groups is 1. The molecule has 0 saturated carbocycles. The molecule has 3 heterocycles. The van der Waals surface area contributed by atoms with E-state index in [9.17, 15) is 4.79 Å². The van der Waals surface area contributed by atoms with Gasteiger partial charge in [0, 0.05) is 34.4 Å². The predicted octanol–water partition coefficient (Wildman–Crippen LogP) is 6.33. The van der Waals surface area contributed by atoms with E-state index in [0.29, 0.717) is 22.9 Å². The molecule has 0 bridgehead atoms. The van der Waals surface area contributed by atoms with Crippen LogP contribution in [0, 0.1) is 0 Å². The van der Waals surface area contributed by atoms with Crippen molar-refractivity contribution < 1.29 is 9.15 Å². The van der Waals surface area contributed by atoms with Crippen LogP contribution in [0.15, 0.2) is 81.1 Å². The fourth-order valence-corrected chi connectivity index (χ4v) is 5.69. The van der Waals surface area contributed by atoms with Gasteiger partial charge in [-0.15, -0.1) is 10.2 Å². The van der Waals surface area contributed by atoms with Crippen LogP contribution in [0.5, 0.6) is 0 Å². The summed E-state index contributed by atoms with van der Waals surface area (Å²) in [6.07, 6.45) is 2.20. The Morgan fingerprint density at radius 2 is 1.91 bits per heavy atom. The Morgan fingerprint density at radius 1 is 1.06 bits per heavy atom. The smallest absolute Gasteiger partial charge is 0.336 e. The number of hydrogen-bond acceptors (Lipinski definition) is 6. The summed E-state index contributed by atoms with van der Waals surface area (Å²) in [5, 5.41) is 13.6. The molecule has 1 aliphatic heterocycles. The summed E-state index contributed by atoms with van der Waals surface area (Å²) in [6, 6.07) is 21.2. The molecule has 0 aliphatic carbocycles. The SMILES string of the molecule is O=c1cc(CSc2nnc(-c3ccc(Cl)cc3)n2CC2CCCO2)c2c(ccc3ccccc32)o1. The van der Waals surface area contributed by atoms with Crippen molar-refractivity contribution in [1.29, 1.82) is 0 Å².